The molecule has 20 heavy (non-hydrogen) atoms. The predicted octanol–water partition coefficient (Wildman–Crippen LogP) is 1.04. The molecule has 0 aromatic rings. The van der Waals surface area contributed by atoms with Gasteiger partial charge in [0, 0.05) is 19.6 Å². The molecule has 6 heteroatoms. The van der Waals surface area contributed by atoms with Crippen molar-refractivity contribution >= 4 is 12.0 Å². The zero-order valence-electron chi connectivity index (χ0n) is 12.0. The van der Waals surface area contributed by atoms with E-state index >= 15 is 0 Å². The molecule has 1 aliphatic heterocycles. The monoisotopic (exact) mass is 284 g/mol. The average molecular weight is 284 g/mol. The van der Waals surface area contributed by atoms with E-state index in [0.717, 1.165) is 19.3 Å². The normalized spacial score (nSPS) is 23.8. The Bertz CT molecular complexity index is 371. The number of hydrogen-bond donors (Lipinski definition) is 3. The predicted molar refractivity (Wildman–Crippen MR) is 73.3 cm³/mol. The SMILES string of the molecule is CC(O)C1CCN(C(=O)NCC2(C(=O)O)CCC2)CC1. The molecule has 2 rings (SSSR count). The van der Waals surface area contributed by atoms with Crippen molar-refractivity contribution in [1.29, 1.82) is 0 Å². The third-order valence-corrected chi connectivity index (χ3v) is 4.85. The van der Waals surface area contributed by atoms with Gasteiger partial charge in [0.2, 0.25) is 0 Å². The summed E-state index contributed by atoms with van der Waals surface area (Å²) in [5, 5.41) is 21.5. The molecule has 2 amide bonds. The fourth-order valence-corrected chi connectivity index (χ4v) is 3.01. The van der Waals surface area contributed by atoms with Crippen LogP contribution in [-0.2, 0) is 4.79 Å². The lowest BCUT2D eigenvalue weighted by molar-refractivity contribution is -0.153. The first-order valence-corrected chi connectivity index (χ1v) is 7.39. The number of carboxylic acid groups (broad SMARTS) is 1. The number of aliphatic hydroxyl groups is 1. The number of likely N-dealkylation sites (tertiary alicyclic amines) is 1. The van der Waals surface area contributed by atoms with Crippen molar-refractivity contribution in [3.63, 3.8) is 0 Å². The fraction of sp³-hybridized carbons (Fsp3) is 0.857. The lowest BCUT2D eigenvalue weighted by atomic mass is 9.69. The van der Waals surface area contributed by atoms with Gasteiger partial charge in [-0.25, -0.2) is 4.79 Å². The summed E-state index contributed by atoms with van der Waals surface area (Å²) in [5.41, 5.74) is -0.742. The van der Waals surface area contributed by atoms with E-state index in [-0.39, 0.29) is 24.6 Å². The van der Waals surface area contributed by atoms with Crippen molar-refractivity contribution < 1.29 is 19.8 Å². The van der Waals surface area contributed by atoms with Gasteiger partial charge in [0.1, 0.15) is 0 Å². The first kappa shape index (κ1) is 15.1. The van der Waals surface area contributed by atoms with Crippen molar-refractivity contribution in [2.45, 2.75) is 45.1 Å². The van der Waals surface area contributed by atoms with Crippen LogP contribution < -0.4 is 5.32 Å². The zero-order valence-corrected chi connectivity index (χ0v) is 12.0. The van der Waals surface area contributed by atoms with Gasteiger partial charge in [0.05, 0.1) is 11.5 Å². The fourth-order valence-electron chi connectivity index (χ4n) is 3.01. The van der Waals surface area contributed by atoms with Gasteiger partial charge < -0.3 is 20.4 Å². The number of carbonyl (C=O) groups is 2. The number of hydrogen-bond acceptors (Lipinski definition) is 3. The summed E-state index contributed by atoms with van der Waals surface area (Å²) in [5.74, 6) is -0.548. The van der Waals surface area contributed by atoms with E-state index in [1.165, 1.54) is 0 Å². The molecular weight excluding hydrogens is 260 g/mol. The second-order valence-electron chi connectivity index (χ2n) is 6.16. The van der Waals surface area contributed by atoms with Crippen LogP contribution in [-0.4, -0.2) is 52.9 Å². The second kappa shape index (κ2) is 5.99. The van der Waals surface area contributed by atoms with Gasteiger partial charge in [-0.2, -0.15) is 0 Å². The highest BCUT2D eigenvalue weighted by Crippen LogP contribution is 2.40. The Hall–Kier alpha value is -1.30. The van der Waals surface area contributed by atoms with E-state index in [0.29, 0.717) is 25.9 Å². The Kier molecular flexibility index (Phi) is 4.52. The molecule has 6 nitrogen and oxygen atoms in total. The van der Waals surface area contributed by atoms with Gasteiger partial charge in [0.25, 0.3) is 0 Å². The maximum Gasteiger partial charge on any atom is 0.317 e. The second-order valence-corrected chi connectivity index (χ2v) is 6.16. The summed E-state index contributed by atoms with van der Waals surface area (Å²) in [4.78, 5) is 25.0. The molecule has 1 saturated heterocycles. The molecule has 1 aliphatic carbocycles. The number of aliphatic carboxylic acids is 1. The molecule has 0 aromatic carbocycles. The van der Waals surface area contributed by atoms with Gasteiger partial charge >= 0.3 is 12.0 Å². The maximum atomic E-state index is 12.0. The summed E-state index contributed by atoms with van der Waals surface area (Å²) < 4.78 is 0. The molecule has 0 radical (unpaired) electrons. The Morgan fingerprint density at radius 1 is 1.35 bits per heavy atom. The molecule has 1 heterocycles. The third kappa shape index (κ3) is 3.06. The summed E-state index contributed by atoms with van der Waals surface area (Å²) in [7, 11) is 0. The van der Waals surface area contributed by atoms with Crippen molar-refractivity contribution in [3.8, 4) is 0 Å². The standard InChI is InChI=1S/C14H24N2O4/c1-10(17)11-3-7-16(8-4-11)13(20)15-9-14(12(18)19)5-2-6-14/h10-11,17H,2-9H2,1H3,(H,15,20)(H,18,19). The maximum absolute atomic E-state index is 12.0. The van der Waals surface area contributed by atoms with E-state index < -0.39 is 11.4 Å². The quantitative estimate of drug-likeness (QED) is 0.719. The van der Waals surface area contributed by atoms with Gasteiger partial charge in [-0.1, -0.05) is 6.42 Å². The molecule has 1 atom stereocenters. The highest BCUT2D eigenvalue weighted by atomic mass is 16.4. The van der Waals surface area contributed by atoms with Crippen LogP contribution in [0, 0.1) is 11.3 Å². The minimum absolute atomic E-state index is 0.179. The number of carbonyl (C=O) groups excluding carboxylic acids is 1. The highest BCUT2D eigenvalue weighted by molar-refractivity contribution is 5.79. The van der Waals surface area contributed by atoms with Crippen LogP contribution in [0.1, 0.15) is 39.0 Å². The minimum atomic E-state index is -0.808. The molecule has 1 saturated carbocycles. The minimum Gasteiger partial charge on any atom is -0.481 e. The molecule has 0 aromatic heterocycles. The summed E-state index contributed by atoms with van der Waals surface area (Å²) in [6.45, 7) is 3.26. The largest absolute Gasteiger partial charge is 0.481 e. The van der Waals surface area contributed by atoms with Crippen molar-refractivity contribution in [2.75, 3.05) is 19.6 Å². The van der Waals surface area contributed by atoms with E-state index in [9.17, 15) is 19.8 Å². The molecule has 2 fully saturated rings. The van der Waals surface area contributed by atoms with Crippen LogP contribution >= 0.6 is 0 Å². The number of piperidine rings is 1. The van der Waals surface area contributed by atoms with Crippen LogP contribution in [0.5, 0.6) is 0 Å². The van der Waals surface area contributed by atoms with E-state index in [2.05, 4.69) is 5.32 Å². The van der Waals surface area contributed by atoms with Gasteiger partial charge in [-0.15, -0.1) is 0 Å². The molecule has 3 N–H and O–H groups in total. The molecule has 1 unspecified atom stereocenters. The lowest BCUT2D eigenvalue weighted by Crippen LogP contribution is -2.52. The van der Waals surface area contributed by atoms with Crippen molar-refractivity contribution in [3.05, 3.63) is 0 Å². The van der Waals surface area contributed by atoms with Crippen LogP contribution in [0.25, 0.3) is 0 Å². The summed E-state index contributed by atoms with van der Waals surface area (Å²) in [6, 6.07) is -0.179. The molecular formula is C14H24N2O4. The summed E-state index contributed by atoms with van der Waals surface area (Å²) >= 11 is 0. The third-order valence-electron chi connectivity index (χ3n) is 4.85. The number of aliphatic hydroxyl groups excluding tert-OH is 1. The average Bonchev–Trinajstić information content (AvgIpc) is 2.36. The zero-order chi connectivity index (χ0) is 14.8. The van der Waals surface area contributed by atoms with Crippen molar-refractivity contribution in [2.24, 2.45) is 11.3 Å². The van der Waals surface area contributed by atoms with Gasteiger partial charge in [0.15, 0.2) is 0 Å². The van der Waals surface area contributed by atoms with Gasteiger partial charge in [-0.3, -0.25) is 4.79 Å². The lowest BCUT2D eigenvalue weighted by Gasteiger charge is -2.39. The topological polar surface area (TPSA) is 89.9 Å². The van der Waals surface area contributed by atoms with Crippen LogP contribution in [0.3, 0.4) is 0 Å². The van der Waals surface area contributed by atoms with E-state index in [1.807, 2.05) is 0 Å². The van der Waals surface area contributed by atoms with Crippen LogP contribution in [0.4, 0.5) is 4.79 Å². The molecule has 0 spiro atoms. The smallest absolute Gasteiger partial charge is 0.317 e. The van der Waals surface area contributed by atoms with E-state index in [4.69, 9.17) is 0 Å². The molecule has 0 bridgehead atoms. The molecule has 114 valence electrons. The number of urea groups is 1. The number of nitrogens with one attached hydrogen (secondary N) is 1. The Labute approximate surface area is 119 Å². The van der Waals surface area contributed by atoms with Crippen LogP contribution in [0.15, 0.2) is 0 Å². The van der Waals surface area contributed by atoms with Crippen molar-refractivity contribution in [1.82, 2.24) is 10.2 Å². The number of rotatable bonds is 4. The van der Waals surface area contributed by atoms with E-state index in [1.54, 1.807) is 11.8 Å². The number of nitrogens with zero attached hydrogens (tertiary/aromatic N) is 1. The molecule has 2 aliphatic rings. The highest BCUT2D eigenvalue weighted by Gasteiger charge is 2.44. The Morgan fingerprint density at radius 2 is 1.95 bits per heavy atom. The van der Waals surface area contributed by atoms with Gasteiger partial charge in [-0.05, 0) is 38.5 Å². The number of amides is 2. The first-order valence-electron chi connectivity index (χ1n) is 7.39. The summed E-state index contributed by atoms with van der Waals surface area (Å²) in [6.07, 6.45) is 3.48. The Balaban J connectivity index is 1.77. The first-order chi connectivity index (χ1) is 9.44. The Morgan fingerprint density at radius 3 is 2.35 bits per heavy atom. The van der Waals surface area contributed by atoms with Crippen LogP contribution in [0.2, 0.25) is 0 Å². The number of carboxylic acids is 1.